The van der Waals surface area contributed by atoms with E-state index in [0.29, 0.717) is 5.69 Å². The van der Waals surface area contributed by atoms with Crippen LogP contribution in [0.25, 0.3) is 0 Å². The highest BCUT2D eigenvalue weighted by Gasteiger charge is 2.61. The maximum Gasteiger partial charge on any atom is 0.438 e. The Morgan fingerprint density at radius 1 is 1.58 bits per heavy atom. The molecule has 24 heavy (non-hydrogen) atoms. The van der Waals surface area contributed by atoms with Gasteiger partial charge < -0.3 is 15.2 Å². The summed E-state index contributed by atoms with van der Waals surface area (Å²) in [6, 6.07) is 1.18. The summed E-state index contributed by atoms with van der Waals surface area (Å²) in [4.78, 5) is 22.2. The van der Waals surface area contributed by atoms with Crippen LogP contribution in [0.4, 0.5) is 19.0 Å². The van der Waals surface area contributed by atoms with Gasteiger partial charge in [-0.3, -0.25) is 4.79 Å². The van der Waals surface area contributed by atoms with Gasteiger partial charge in [0.25, 0.3) is 5.72 Å². The van der Waals surface area contributed by atoms with Crippen LogP contribution in [0, 0.1) is 23.0 Å². The van der Waals surface area contributed by atoms with E-state index in [-0.39, 0.29) is 11.6 Å². The molecule has 1 N–H and O–H groups in total. The summed E-state index contributed by atoms with van der Waals surface area (Å²) >= 11 is 0. The zero-order chi connectivity index (χ0) is 18.3. The van der Waals surface area contributed by atoms with Gasteiger partial charge in [0.1, 0.15) is 0 Å². The molecule has 0 saturated heterocycles. The number of aliphatic hydroxyl groups is 1. The number of aromatic nitrogens is 2. The lowest BCUT2D eigenvalue weighted by Gasteiger charge is -2.33. The van der Waals surface area contributed by atoms with Crippen LogP contribution in [-0.2, 0) is 11.3 Å². The van der Waals surface area contributed by atoms with Crippen LogP contribution in [0.5, 0.6) is 0 Å². The van der Waals surface area contributed by atoms with E-state index < -0.39 is 40.9 Å². The Hall–Kier alpha value is -2.50. The van der Waals surface area contributed by atoms with Crippen molar-refractivity contribution in [3.8, 4) is 0 Å². The van der Waals surface area contributed by atoms with Crippen LogP contribution in [0.3, 0.4) is 0 Å². The second-order valence-corrected chi connectivity index (χ2v) is 5.45. The smallest absolute Gasteiger partial charge is 0.362 e. The molecule has 2 rings (SSSR count). The highest BCUT2D eigenvalue weighted by atomic mass is 19.4. The summed E-state index contributed by atoms with van der Waals surface area (Å²) in [5.41, 5.74) is -3.01. The van der Waals surface area contributed by atoms with E-state index in [1.54, 1.807) is 0 Å². The summed E-state index contributed by atoms with van der Waals surface area (Å²) in [6.45, 7) is 2.63. The van der Waals surface area contributed by atoms with Crippen molar-refractivity contribution < 1.29 is 28.0 Å². The van der Waals surface area contributed by atoms with Crippen LogP contribution in [0.2, 0.25) is 0 Å². The first-order chi connectivity index (χ1) is 11.0. The number of carbonyl (C=O) groups is 1. The molecule has 0 aromatic carbocycles. The fraction of sp³-hybridized carbons (Fsp3) is 0.583. The third-order valence-electron chi connectivity index (χ3n) is 3.61. The number of aryl methyl sites for hydroxylation is 1. The molecule has 0 radical (unpaired) electrons. The average molecular weight is 349 g/mol. The minimum absolute atomic E-state index is 0.00487. The second kappa shape index (κ2) is 5.85. The standard InChI is InChI=1S/C12H14F3N5O4/c1-7(6-18-8(2)5-9(17-18)20(23)24)10(21)19-11(22,3-4-16-19)12(13,14)15/h4-5,7,22H,3,6H2,1-2H3/t7-,11-/m0/s1. The second-order valence-electron chi connectivity index (χ2n) is 5.45. The first-order valence-corrected chi connectivity index (χ1v) is 6.82. The number of alkyl halides is 3. The average Bonchev–Trinajstić information content (AvgIpc) is 3.02. The molecule has 0 unspecified atom stereocenters. The van der Waals surface area contributed by atoms with Crippen molar-refractivity contribution in [3.63, 3.8) is 0 Å². The maximum absolute atomic E-state index is 13.0. The molecule has 1 aromatic heterocycles. The van der Waals surface area contributed by atoms with E-state index in [2.05, 4.69) is 10.2 Å². The highest BCUT2D eigenvalue weighted by Crippen LogP contribution is 2.39. The topological polar surface area (TPSA) is 114 Å². The van der Waals surface area contributed by atoms with E-state index in [0.717, 1.165) is 10.9 Å². The van der Waals surface area contributed by atoms with Gasteiger partial charge in [-0.25, -0.2) is 0 Å². The predicted molar refractivity (Wildman–Crippen MR) is 73.7 cm³/mol. The van der Waals surface area contributed by atoms with Gasteiger partial charge in [0.15, 0.2) is 0 Å². The number of halogens is 3. The molecule has 0 fully saturated rings. The Morgan fingerprint density at radius 3 is 2.71 bits per heavy atom. The number of amides is 1. The Balaban J connectivity index is 2.18. The van der Waals surface area contributed by atoms with Crippen molar-refractivity contribution in [2.24, 2.45) is 11.0 Å². The van der Waals surface area contributed by atoms with Gasteiger partial charge in [0.05, 0.1) is 29.3 Å². The molecular formula is C12H14F3N5O4. The Bertz CT molecular complexity index is 701. The number of carbonyl (C=O) groups excluding carboxylic acids is 1. The predicted octanol–water partition coefficient (Wildman–Crippen LogP) is 1.20. The molecule has 0 aliphatic carbocycles. The van der Waals surface area contributed by atoms with Crippen molar-refractivity contribution in [2.75, 3.05) is 0 Å². The first kappa shape index (κ1) is 17.8. The van der Waals surface area contributed by atoms with Gasteiger partial charge in [-0.05, 0) is 11.8 Å². The van der Waals surface area contributed by atoms with Crippen molar-refractivity contribution in [2.45, 2.75) is 38.7 Å². The fourth-order valence-corrected chi connectivity index (χ4v) is 2.22. The van der Waals surface area contributed by atoms with Gasteiger partial charge in [0, 0.05) is 12.6 Å². The van der Waals surface area contributed by atoms with Crippen LogP contribution in [0.1, 0.15) is 19.0 Å². The lowest BCUT2D eigenvalue weighted by molar-refractivity contribution is -0.389. The van der Waals surface area contributed by atoms with Crippen molar-refractivity contribution in [1.29, 1.82) is 0 Å². The third-order valence-corrected chi connectivity index (χ3v) is 3.61. The number of hydrazone groups is 1. The SMILES string of the molecule is Cc1cc([N+](=O)[O-])nn1C[C@H](C)C(=O)N1N=CC[C@]1(O)C(F)(F)F. The number of hydrogen-bond acceptors (Lipinski definition) is 6. The Morgan fingerprint density at radius 2 is 2.21 bits per heavy atom. The van der Waals surface area contributed by atoms with E-state index in [1.165, 1.54) is 19.9 Å². The fourth-order valence-electron chi connectivity index (χ4n) is 2.22. The molecule has 1 amide bonds. The molecule has 2 atom stereocenters. The summed E-state index contributed by atoms with van der Waals surface area (Å²) < 4.78 is 40.1. The largest absolute Gasteiger partial charge is 0.438 e. The van der Waals surface area contributed by atoms with Crippen molar-refractivity contribution in [1.82, 2.24) is 14.8 Å². The molecule has 1 aliphatic heterocycles. The zero-order valence-corrected chi connectivity index (χ0v) is 12.7. The van der Waals surface area contributed by atoms with E-state index in [9.17, 15) is 33.2 Å². The summed E-state index contributed by atoms with van der Waals surface area (Å²) in [7, 11) is 0. The first-order valence-electron chi connectivity index (χ1n) is 6.82. The molecule has 0 bridgehead atoms. The molecule has 2 heterocycles. The van der Waals surface area contributed by atoms with Crippen LogP contribution in [-0.4, -0.2) is 48.8 Å². The lowest BCUT2D eigenvalue weighted by Crippen LogP contribution is -2.57. The minimum atomic E-state index is -5.07. The van der Waals surface area contributed by atoms with Gasteiger partial charge in [0.2, 0.25) is 5.91 Å². The van der Waals surface area contributed by atoms with Crippen LogP contribution >= 0.6 is 0 Å². The summed E-state index contributed by atoms with van der Waals surface area (Å²) in [6.07, 6.45) is -5.12. The molecule has 1 aliphatic rings. The molecule has 0 saturated carbocycles. The Labute approximate surface area is 133 Å². The van der Waals surface area contributed by atoms with Crippen molar-refractivity contribution >= 4 is 17.9 Å². The summed E-state index contributed by atoms with van der Waals surface area (Å²) in [5.74, 6) is -2.55. The third kappa shape index (κ3) is 2.96. The molecular weight excluding hydrogens is 335 g/mol. The normalized spacial score (nSPS) is 22.0. The minimum Gasteiger partial charge on any atom is -0.362 e. The number of nitro groups is 1. The summed E-state index contributed by atoms with van der Waals surface area (Å²) in [5, 5.41) is 27.4. The van der Waals surface area contributed by atoms with Crippen LogP contribution in [0.15, 0.2) is 11.2 Å². The quantitative estimate of drug-likeness (QED) is 0.648. The lowest BCUT2D eigenvalue weighted by atomic mass is 10.1. The van der Waals surface area contributed by atoms with Crippen molar-refractivity contribution in [3.05, 3.63) is 21.9 Å². The van der Waals surface area contributed by atoms with Gasteiger partial charge in [-0.2, -0.15) is 28.0 Å². The number of rotatable bonds is 4. The molecule has 0 spiro atoms. The number of nitrogens with zero attached hydrogens (tertiary/aromatic N) is 5. The molecule has 9 nitrogen and oxygen atoms in total. The number of hydrogen-bond donors (Lipinski definition) is 1. The molecule has 132 valence electrons. The van der Waals surface area contributed by atoms with E-state index in [4.69, 9.17) is 0 Å². The highest BCUT2D eigenvalue weighted by molar-refractivity contribution is 5.82. The molecule has 12 heteroatoms. The Kier molecular flexibility index (Phi) is 4.35. The monoisotopic (exact) mass is 349 g/mol. The van der Waals surface area contributed by atoms with Gasteiger partial charge >= 0.3 is 12.0 Å². The van der Waals surface area contributed by atoms with Gasteiger partial charge in [-0.1, -0.05) is 6.92 Å². The van der Waals surface area contributed by atoms with E-state index >= 15 is 0 Å². The van der Waals surface area contributed by atoms with Gasteiger partial charge in [-0.15, -0.1) is 0 Å². The van der Waals surface area contributed by atoms with E-state index in [1.807, 2.05) is 0 Å². The maximum atomic E-state index is 13.0. The molecule has 1 aromatic rings. The zero-order valence-electron chi connectivity index (χ0n) is 12.7. The van der Waals surface area contributed by atoms with Crippen LogP contribution < -0.4 is 0 Å².